The number of aliphatic carboxylic acids is 2. The molecule has 0 heterocycles. The van der Waals surface area contributed by atoms with E-state index in [2.05, 4.69) is 5.32 Å². The Morgan fingerprint density at radius 3 is 1.53 bits per heavy atom. The highest BCUT2D eigenvalue weighted by atomic mass is 16.6. The maximum Gasteiger partial charge on any atom is 0.408 e. The minimum atomic E-state index is -1.24. The second-order valence-corrected chi connectivity index (χ2v) is 12.0. The van der Waals surface area contributed by atoms with Gasteiger partial charge in [0.25, 0.3) is 0 Å². The molecule has 260 valence electrons. The van der Waals surface area contributed by atoms with Gasteiger partial charge >= 0.3 is 18.0 Å². The van der Waals surface area contributed by atoms with E-state index < -0.39 is 35.7 Å². The Bertz CT molecular complexity index is 1670. The summed E-state index contributed by atoms with van der Waals surface area (Å²) >= 11 is 0. The molecule has 0 unspecified atom stereocenters. The van der Waals surface area contributed by atoms with Gasteiger partial charge in [-0.3, -0.25) is 4.79 Å². The number of carboxylic acids is 2. The number of phenols is 2. The summed E-state index contributed by atoms with van der Waals surface area (Å²) in [5.74, 6) is -1.98. The zero-order valence-electron chi connectivity index (χ0n) is 27.5. The predicted octanol–water partition coefficient (Wildman–Crippen LogP) is 5.42. The second-order valence-electron chi connectivity index (χ2n) is 12.0. The quantitative estimate of drug-likeness (QED) is 0.106. The molecule has 2 atom stereocenters. The van der Waals surface area contributed by atoms with Gasteiger partial charge in [-0.05, 0) is 44.0 Å². The molecule has 0 fully saturated rings. The minimum absolute atomic E-state index is 0.0268. The minimum Gasteiger partial charge on any atom is -0.504 e. The van der Waals surface area contributed by atoms with Crippen molar-refractivity contribution in [1.29, 1.82) is 0 Å². The SMILES string of the molecule is CC(C)(C)OC(=O)N[C@@H](Cc1cccc(O)c1OCc1ccccc1)C(=O)O.N[C@@H](Cc1cccc(O)c1OCc1ccccc1)C(=O)O. The van der Waals surface area contributed by atoms with Gasteiger partial charge in [-0.2, -0.15) is 0 Å². The molecule has 0 aliphatic carbocycles. The van der Waals surface area contributed by atoms with E-state index in [1.807, 2.05) is 60.7 Å². The maximum atomic E-state index is 11.9. The van der Waals surface area contributed by atoms with Gasteiger partial charge < -0.3 is 45.7 Å². The number of carboxylic acid groups (broad SMARTS) is 2. The third-order valence-corrected chi connectivity index (χ3v) is 6.77. The number of hydrogen-bond acceptors (Lipinski definition) is 9. The number of aromatic hydroxyl groups is 2. The van der Waals surface area contributed by atoms with Gasteiger partial charge in [-0.25, -0.2) is 9.59 Å². The molecule has 12 heteroatoms. The van der Waals surface area contributed by atoms with Crippen molar-refractivity contribution >= 4 is 18.0 Å². The van der Waals surface area contributed by atoms with Crippen molar-refractivity contribution in [1.82, 2.24) is 5.32 Å². The van der Waals surface area contributed by atoms with E-state index >= 15 is 0 Å². The van der Waals surface area contributed by atoms with Gasteiger partial charge in [0.1, 0.15) is 30.9 Å². The molecule has 1 amide bonds. The number of phenolic OH excluding ortho intramolecular Hbond substituents is 2. The summed E-state index contributed by atoms with van der Waals surface area (Å²) in [6, 6.07) is 26.1. The topological polar surface area (TPSA) is 198 Å². The Morgan fingerprint density at radius 2 is 1.12 bits per heavy atom. The number of amides is 1. The molecule has 0 bridgehead atoms. The van der Waals surface area contributed by atoms with E-state index in [0.29, 0.717) is 11.1 Å². The molecule has 0 aromatic heterocycles. The van der Waals surface area contributed by atoms with Crippen molar-refractivity contribution in [2.24, 2.45) is 5.73 Å². The molecule has 0 aliphatic heterocycles. The zero-order chi connectivity index (χ0) is 36.0. The number of nitrogens with one attached hydrogen (secondary N) is 1. The van der Waals surface area contributed by atoms with Crippen LogP contribution in [0.2, 0.25) is 0 Å². The molecular weight excluding hydrogens is 632 g/mol. The van der Waals surface area contributed by atoms with Crippen molar-refractivity contribution in [3.8, 4) is 23.0 Å². The summed E-state index contributed by atoms with van der Waals surface area (Å²) in [6.07, 6.45) is -0.812. The van der Waals surface area contributed by atoms with Crippen molar-refractivity contribution in [3.05, 3.63) is 119 Å². The molecule has 0 saturated carbocycles. The number of ether oxygens (including phenoxy) is 3. The van der Waals surface area contributed by atoms with Gasteiger partial charge in [0.2, 0.25) is 0 Å². The van der Waals surface area contributed by atoms with E-state index in [9.17, 15) is 29.7 Å². The van der Waals surface area contributed by atoms with Gasteiger partial charge in [0, 0.05) is 24.0 Å². The Balaban J connectivity index is 0.000000276. The van der Waals surface area contributed by atoms with Crippen molar-refractivity contribution in [3.63, 3.8) is 0 Å². The van der Waals surface area contributed by atoms with E-state index in [-0.39, 0.29) is 49.1 Å². The number of benzene rings is 4. The van der Waals surface area contributed by atoms with Crippen molar-refractivity contribution in [2.45, 2.75) is 64.5 Å². The monoisotopic (exact) mass is 674 g/mol. The fourth-order valence-corrected chi connectivity index (χ4v) is 4.45. The van der Waals surface area contributed by atoms with Crippen molar-refractivity contribution < 1.29 is 49.0 Å². The highest BCUT2D eigenvalue weighted by molar-refractivity contribution is 5.80. The van der Waals surface area contributed by atoms with E-state index in [1.54, 1.807) is 45.0 Å². The van der Waals surface area contributed by atoms with Crippen LogP contribution in [-0.2, 0) is 40.4 Å². The molecule has 0 spiro atoms. The third kappa shape index (κ3) is 12.8. The summed E-state index contributed by atoms with van der Waals surface area (Å²) in [4.78, 5) is 34.4. The predicted molar refractivity (Wildman–Crippen MR) is 182 cm³/mol. The molecule has 12 nitrogen and oxygen atoms in total. The van der Waals surface area contributed by atoms with Crippen LogP contribution in [0.25, 0.3) is 0 Å². The van der Waals surface area contributed by atoms with Crippen LogP contribution in [0.5, 0.6) is 23.0 Å². The molecule has 4 rings (SSSR count). The summed E-state index contributed by atoms with van der Waals surface area (Å²) in [6.45, 7) is 5.56. The van der Waals surface area contributed by atoms with Crippen LogP contribution in [0, 0.1) is 0 Å². The van der Waals surface area contributed by atoms with Crippen LogP contribution in [-0.4, -0.2) is 56.1 Å². The van der Waals surface area contributed by atoms with E-state index in [0.717, 1.165) is 11.1 Å². The zero-order valence-corrected chi connectivity index (χ0v) is 27.5. The Labute approximate surface area is 284 Å². The van der Waals surface area contributed by atoms with Gasteiger partial charge in [0.05, 0.1) is 0 Å². The molecule has 0 radical (unpaired) electrons. The van der Waals surface area contributed by atoms with E-state index in [1.165, 1.54) is 12.1 Å². The van der Waals surface area contributed by atoms with Crippen LogP contribution in [0.1, 0.15) is 43.0 Å². The maximum absolute atomic E-state index is 11.9. The molecular formula is C37H42N2O10. The number of para-hydroxylation sites is 2. The van der Waals surface area contributed by atoms with Crippen LogP contribution < -0.4 is 20.5 Å². The van der Waals surface area contributed by atoms with E-state index in [4.69, 9.17) is 25.1 Å². The number of nitrogens with two attached hydrogens (primary N) is 1. The second kappa shape index (κ2) is 18.0. The number of rotatable bonds is 13. The smallest absolute Gasteiger partial charge is 0.408 e. The van der Waals surface area contributed by atoms with Crippen LogP contribution in [0.4, 0.5) is 4.79 Å². The molecule has 0 saturated heterocycles. The summed E-state index contributed by atoms with van der Waals surface area (Å²) in [5, 5.41) is 40.8. The normalized spacial score (nSPS) is 12.0. The number of carbonyl (C=O) groups is 3. The molecule has 49 heavy (non-hydrogen) atoms. The fraction of sp³-hybridized carbons (Fsp3) is 0.270. The van der Waals surface area contributed by atoms with Gasteiger partial charge in [0.15, 0.2) is 23.0 Å². The summed E-state index contributed by atoms with van der Waals surface area (Å²) in [5.41, 5.74) is 7.67. The highest BCUT2D eigenvalue weighted by Crippen LogP contribution is 2.33. The molecule has 7 N–H and O–H groups in total. The summed E-state index contributed by atoms with van der Waals surface area (Å²) < 4.78 is 16.5. The Hall–Kier alpha value is -5.75. The molecule has 0 aliphatic rings. The number of alkyl carbamates (subject to hydrolysis) is 1. The highest BCUT2D eigenvalue weighted by Gasteiger charge is 2.26. The van der Waals surface area contributed by atoms with Crippen LogP contribution in [0.3, 0.4) is 0 Å². The van der Waals surface area contributed by atoms with Gasteiger partial charge in [-0.1, -0.05) is 84.9 Å². The van der Waals surface area contributed by atoms with Crippen LogP contribution in [0.15, 0.2) is 97.1 Å². The first kappa shape index (κ1) is 37.7. The first-order chi connectivity index (χ1) is 23.2. The standard InChI is InChI=1S/C21H25NO6.C16H17NO4/c1-21(2,3)28-20(26)22-16(19(24)25)12-15-10-7-11-17(23)18(15)27-13-14-8-5-4-6-9-14;17-13(16(19)20)9-12-7-4-8-14(18)15(12)21-10-11-5-2-1-3-6-11/h4-11,16,23H,12-13H2,1-3H3,(H,22,26)(H,24,25);1-8,13,18H,9-10,17H2,(H,19,20)/t16-;13-/m00/s1. The largest absolute Gasteiger partial charge is 0.504 e. The fourth-order valence-electron chi connectivity index (χ4n) is 4.45. The first-order valence-electron chi connectivity index (χ1n) is 15.4. The lowest BCUT2D eigenvalue weighted by atomic mass is 10.0. The lowest BCUT2D eigenvalue weighted by molar-refractivity contribution is -0.140. The average Bonchev–Trinajstić information content (AvgIpc) is 3.04. The average molecular weight is 675 g/mol. The molecule has 4 aromatic carbocycles. The Morgan fingerprint density at radius 1 is 0.673 bits per heavy atom. The third-order valence-electron chi connectivity index (χ3n) is 6.77. The van der Waals surface area contributed by atoms with Gasteiger partial charge in [-0.15, -0.1) is 0 Å². The first-order valence-corrected chi connectivity index (χ1v) is 15.4. The lowest BCUT2D eigenvalue weighted by Crippen LogP contribution is -2.44. The number of hydrogen-bond donors (Lipinski definition) is 6. The van der Waals surface area contributed by atoms with Crippen LogP contribution >= 0.6 is 0 Å². The lowest BCUT2D eigenvalue weighted by Gasteiger charge is -2.22. The molecule has 4 aromatic rings. The summed E-state index contributed by atoms with van der Waals surface area (Å²) in [7, 11) is 0. The van der Waals surface area contributed by atoms with Crippen molar-refractivity contribution in [2.75, 3.05) is 0 Å². The Kier molecular flexibility index (Phi) is 13.8. The number of carbonyl (C=O) groups excluding carboxylic acids is 1.